The summed E-state index contributed by atoms with van der Waals surface area (Å²) >= 11 is 1.44. The van der Waals surface area contributed by atoms with Gasteiger partial charge in [0.25, 0.3) is 5.91 Å². The number of carbonyl (C=O) groups is 1. The molecule has 0 aliphatic carbocycles. The highest BCUT2D eigenvalue weighted by molar-refractivity contribution is 7.13. The van der Waals surface area contributed by atoms with E-state index in [1.807, 2.05) is 18.7 Å². The first-order valence-electron chi connectivity index (χ1n) is 7.21. The van der Waals surface area contributed by atoms with E-state index >= 15 is 0 Å². The van der Waals surface area contributed by atoms with Crippen LogP contribution in [0.2, 0.25) is 0 Å². The molecule has 1 saturated heterocycles. The second-order valence-corrected chi connectivity index (χ2v) is 6.47. The monoisotopic (exact) mass is 306 g/mol. The lowest BCUT2D eigenvalue weighted by molar-refractivity contribution is 0.0708. The molecule has 0 bridgehead atoms. The molecule has 2 aromatic rings. The molecule has 2 aromatic heterocycles. The van der Waals surface area contributed by atoms with Gasteiger partial charge in [-0.25, -0.2) is 4.98 Å². The van der Waals surface area contributed by atoms with E-state index in [1.54, 1.807) is 6.20 Å². The number of carbonyl (C=O) groups excluding carboxylic acids is 1. The van der Waals surface area contributed by atoms with Crippen LogP contribution in [0.15, 0.2) is 10.7 Å². The Bertz CT molecular complexity index is 636. The molecule has 0 radical (unpaired) electrons. The van der Waals surface area contributed by atoms with Crippen molar-refractivity contribution in [1.29, 1.82) is 0 Å². The fourth-order valence-corrected chi connectivity index (χ4v) is 3.31. The van der Waals surface area contributed by atoms with Crippen molar-refractivity contribution in [2.24, 2.45) is 0 Å². The Labute approximate surface area is 127 Å². The second kappa shape index (κ2) is 5.93. The van der Waals surface area contributed by atoms with Crippen molar-refractivity contribution in [2.75, 3.05) is 13.1 Å². The van der Waals surface area contributed by atoms with Crippen LogP contribution in [-0.4, -0.2) is 39.0 Å². The van der Waals surface area contributed by atoms with Gasteiger partial charge in [-0.2, -0.15) is 4.98 Å². The van der Waals surface area contributed by atoms with E-state index in [1.165, 1.54) is 11.3 Å². The van der Waals surface area contributed by atoms with Crippen molar-refractivity contribution >= 4 is 17.2 Å². The number of nitrogens with zero attached hydrogens (tertiary/aromatic N) is 4. The van der Waals surface area contributed by atoms with Gasteiger partial charge < -0.3 is 9.42 Å². The summed E-state index contributed by atoms with van der Waals surface area (Å²) < 4.78 is 5.18. The van der Waals surface area contributed by atoms with Crippen molar-refractivity contribution in [1.82, 2.24) is 20.0 Å². The summed E-state index contributed by atoms with van der Waals surface area (Å²) in [5, 5.41) is 4.96. The minimum atomic E-state index is 0.0597. The third kappa shape index (κ3) is 2.97. The molecule has 112 valence electrons. The number of thiazole rings is 1. The molecule has 1 aliphatic rings. The maximum Gasteiger partial charge on any atom is 0.265 e. The quantitative estimate of drug-likeness (QED) is 0.870. The number of rotatable bonds is 3. The zero-order valence-corrected chi connectivity index (χ0v) is 13.0. The van der Waals surface area contributed by atoms with Gasteiger partial charge in [-0.3, -0.25) is 4.79 Å². The highest BCUT2D eigenvalue weighted by Gasteiger charge is 2.29. The van der Waals surface area contributed by atoms with Crippen molar-refractivity contribution in [2.45, 2.75) is 39.0 Å². The van der Waals surface area contributed by atoms with E-state index in [0.717, 1.165) is 36.6 Å². The molecule has 21 heavy (non-hydrogen) atoms. The normalized spacial score (nSPS) is 19.0. The van der Waals surface area contributed by atoms with Crippen LogP contribution in [0.5, 0.6) is 0 Å². The third-order valence-electron chi connectivity index (χ3n) is 3.69. The molecule has 6 nitrogen and oxygen atoms in total. The third-order valence-corrected chi connectivity index (χ3v) is 4.59. The van der Waals surface area contributed by atoms with Crippen LogP contribution in [0.1, 0.15) is 52.1 Å². The fourth-order valence-electron chi connectivity index (χ4n) is 2.57. The van der Waals surface area contributed by atoms with Gasteiger partial charge >= 0.3 is 0 Å². The van der Waals surface area contributed by atoms with Gasteiger partial charge in [-0.1, -0.05) is 12.1 Å². The largest absolute Gasteiger partial charge is 0.339 e. The Morgan fingerprint density at radius 3 is 3.10 bits per heavy atom. The molecule has 3 heterocycles. The van der Waals surface area contributed by atoms with Crippen LogP contribution in [-0.2, 0) is 6.42 Å². The zero-order valence-electron chi connectivity index (χ0n) is 12.2. The number of aryl methyl sites for hydroxylation is 2. The van der Waals surface area contributed by atoms with Crippen LogP contribution >= 0.6 is 11.3 Å². The SMILES string of the molecule is CCc1nc(C2CCCN(C(=O)c3cnc(C)s3)C2)no1. The van der Waals surface area contributed by atoms with Crippen molar-refractivity contribution in [3.8, 4) is 0 Å². The van der Waals surface area contributed by atoms with Crippen LogP contribution < -0.4 is 0 Å². The maximum atomic E-state index is 12.5. The van der Waals surface area contributed by atoms with Gasteiger partial charge in [-0.15, -0.1) is 11.3 Å². The first-order valence-corrected chi connectivity index (χ1v) is 8.03. The lowest BCUT2D eigenvalue weighted by Crippen LogP contribution is -2.39. The van der Waals surface area contributed by atoms with Gasteiger partial charge in [0.15, 0.2) is 5.82 Å². The average Bonchev–Trinajstić information content (AvgIpc) is 3.15. The molecule has 0 spiro atoms. The summed E-state index contributed by atoms with van der Waals surface area (Å²) in [7, 11) is 0. The molecule has 0 aromatic carbocycles. The average molecular weight is 306 g/mol. The lowest BCUT2D eigenvalue weighted by atomic mass is 9.97. The number of aromatic nitrogens is 3. The van der Waals surface area contributed by atoms with Crippen LogP contribution in [0.25, 0.3) is 0 Å². The van der Waals surface area contributed by atoms with E-state index in [-0.39, 0.29) is 11.8 Å². The molecule has 7 heteroatoms. The summed E-state index contributed by atoms with van der Waals surface area (Å²) in [6.45, 7) is 5.33. The minimum Gasteiger partial charge on any atom is -0.339 e. The van der Waals surface area contributed by atoms with Crippen molar-refractivity contribution in [3.05, 3.63) is 27.8 Å². The van der Waals surface area contributed by atoms with Crippen molar-refractivity contribution < 1.29 is 9.32 Å². The summed E-state index contributed by atoms with van der Waals surface area (Å²) in [5.41, 5.74) is 0. The standard InChI is InChI=1S/C14H18N4O2S/c1-3-12-16-13(17-20-12)10-5-4-6-18(8-10)14(19)11-7-15-9(2)21-11/h7,10H,3-6,8H2,1-2H3. The Hall–Kier alpha value is -1.76. The molecule has 1 atom stereocenters. The number of likely N-dealkylation sites (tertiary alicyclic amines) is 1. The van der Waals surface area contributed by atoms with E-state index < -0.39 is 0 Å². The van der Waals surface area contributed by atoms with E-state index in [2.05, 4.69) is 15.1 Å². The maximum absolute atomic E-state index is 12.5. The van der Waals surface area contributed by atoms with E-state index in [0.29, 0.717) is 17.3 Å². The molecule has 1 fully saturated rings. The summed E-state index contributed by atoms with van der Waals surface area (Å²) in [6.07, 6.45) is 4.36. The predicted octanol–water partition coefficient (Wildman–Crippen LogP) is 2.42. The summed E-state index contributed by atoms with van der Waals surface area (Å²) in [4.78, 5) is 23.6. The van der Waals surface area contributed by atoms with E-state index in [9.17, 15) is 4.79 Å². The van der Waals surface area contributed by atoms with Gasteiger partial charge in [0, 0.05) is 25.4 Å². The number of hydrogen-bond donors (Lipinski definition) is 0. The highest BCUT2D eigenvalue weighted by atomic mass is 32.1. The smallest absolute Gasteiger partial charge is 0.265 e. The first-order chi connectivity index (χ1) is 10.2. The van der Waals surface area contributed by atoms with Gasteiger partial charge in [-0.05, 0) is 19.8 Å². The molecule has 1 amide bonds. The number of hydrogen-bond acceptors (Lipinski definition) is 6. The molecule has 0 N–H and O–H groups in total. The molecule has 0 saturated carbocycles. The Morgan fingerprint density at radius 1 is 1.57 bits per heavy atom. The molecular weight excluding hydrogens is 288 g/mol. The Balaban J connectivity index is 1.72. The topological polar surface area (TPSA) is 72.1 Å². The number of amides is 1. The highest BCUT2D eigenvalue weighted by Crippen LogP contribution is 2.26. The van der Waals surface area contributed by atoms with Gasteiger partial charge in [0.05, 0.1) is 11.2 Å². The predicted molar refractivity (Wildman–Crippen MR) is 78.4 cm³/mol. The molecule has 1 aliphatic heterocycles. The second-order valence-electron chi connectivity index (χ2n) is 5.23. The van der Waals surface area contributed by atoms with Crippen LogP contribution in [0.4, 0.5) is 0 Å². The van der Waals surface area contributed by atoms with Crippen molar-refractivity contribution in [3.63, 3.8) is 0 Å². The lowest BCUT2D eigenvalue weighted by Gasteiger charge is -2.30. The van der Waals surface area contributed by atoms with Crippen LogP contribution in [0.3, 0.4) is 0 Å². The van der Waals surface area contributed by atoms with Gasteiger partial charge in [0.2, 0.25) is 5.89 Å². The van der Waals surface area contributed by atoms with Crippen LogP contribution in [0, 0.1) is 6.92 Å². The van der Waals surface area contributed by atoms with E-state index in [4.69, 9.17) is 4.52 Å². The molecule has 3 rings (SSSR count). The molecule has 1 unspecified atom stereocenters. The number of piperidine rings is 1. The summed E-state index contributed by atoms with van der Waals surface area (Å²) in [6, 6.07) is 0. The fraction of sp³-hybridized carbons (Fsp3) is 0.571. The van der Waals surface area contributed by atoms with Gasteiger partial charge in [0.1, 0.15) is 4.88 Å². The molecular formula is C14H18N4O2S. The Kier molecular flexibility index (Phi) is 4.01. The zero-order chi connectivity index (χ0) is 14.8. The first kappa shape index (κ1) is 14.2. The minimum absolute atomic E-state index is 0.0597. The summed E-state index contributed by atoms with van der Waals surface area (Å²) in [5.74, 6) is 1.61. The Morgan fingerprint density at radius 2 is 2.43 bits per heavy atom.